The smallest absolute Gasteiger partial charge is 0.261 e. The number of nitrogens with zero attached hydrogens (tertiary/aromatic N) is 2. The molecule has 1 aliphatic heterocycles. The second-order valence-corrected chi connectivity index (χ2v) is 8.66. The van der Waals surface area contributed by atoms with E-state index >= 15 is 0 Å². The molecule has 0 saturated heterocycles. The van der Waals surface area contributed by atoms with Crippen LogP contribution in [-0.4, -0.2) is 27.4 Å². The molecule has 164 valence electrons. The van der Waals surface area contributed by atoms with E-state index < -0.39 is 0 Å². The van der Waals surface area contributed by atoms with Gasteiger partial charge in [-0.2, -0.15) is 0 Å². The maximum Gasteiger partial charge on any atom is 0.261 e. The van der Waals surface area contributed by atoms with E-state index in [1.54, 1.807) is 47.0 Å². The largest absolute Gasteiger partial charge is 0.349 e. The lowest BCUT2D eigenvalue weighted by Crippen LogP contribution is -2.26. The van der Waals surface area contributed by atoms with Crippen LogP contribution in [0.5, 0.6) is 0 Å². The fourth-order valence-corrected chi connectivity index (χ4v) is 4.17. The molecule has 2 amide bonds. The molecule has 1 saturated carbocycles. The maximum absolute atomic E-state index is 13.0. The number of hydrogen-bond donors (Lipinski definition) is 2. The van der Waals surface area contributed by atoms with E-state index in [9.17, 15) is 14.4 Å². The molecular formula is C25H26N4O3. The molecule has 3 aromatic rings. The lowest BCUT2D eigenvalue weighted by Gasteiger charge is -2.16. The van der Waals surface area contributed by atoms with E-state index in [0.717, 1.165) is 50.8 Å². The molecule has 32 heavy (non-hydrogen) atoms. The number of anilines is 1. The summed E-state index contributed by atoms with van der Waals surface area (Å²) in [5.74, 6) is 0.366. The lowest BCUT2D eigenvalue weighted by atomic mass is 10.1. The molecule has 0 unspecified atom stereocenters. The van der Waals surface area contributed by atoms with Crippen LogP contribution in [0.3, 0.4) is 0 Å². The number of rotatable bonds is 4. The molecule has 0 atom stereocenters. The second kappa shape index (κ2) is 8.57. The van der Waals surface area contributed by atoms with Crippen molar-refractivity contribution >= 4 is 28.4 Å². The van der Waals surface area contributed by atoms with Crippen LogP contribution in [0.15, 0.2) is 47.3 Å². The van der Waals surface area contributed by atoms with Gasteiger partial charge in [0.15, 0.2) is 0 Å². The fraction of sp³-hybridized carbons (Fsp3) is 0.360. The van der Waals surface area contributed by atoms with E-state index in [2.05, 4.69) is 10.6 Å². The molecule has 1 aromatic heterocycles. The first-order valence-electron chi connectivity index (χ1n) is 11.3. The monoisotopic (exact) mass is 430 g/mol. The zero-order chi connectivity index (χ0) is 22.1. The normalized spacial score (nSPS) is 16.0. The average molecular weight is 431 g/mol. The standard InChI is InChI=1S/C25H26N4O3/c30-23(26-18-10-11-18)16-6-5-7-19(14-16)27-24(31)17-9-12-20-21(15-17)28-22-8-3-1-2-4-13-29(22)25(20)32/h5-7,9,12,14-15,18H,1-4,8,10-11,13H2,(H,26,30)(H,27,31). The third-order valence-electron chi connectivity index (χ3n) is 6.12. The molecule has 1 fully saturated rings. The summed E-state index contributed by atoms with van der Waals surface area (Å²) < 4.78 is 1.79. The van der Waals surface area contributed by atoms with Crippen molar-refractivity contribution in [1.82, 2.24) is 14.9 Å². The minimum Gasteiger partial charge on any atom is -0.349 e. The quantitative estimate of drug-likeness (QED) is 0.661. The summed E-state index contributed by atoms with van der Waals surface area (Å²) in [6, 6.07) is 12.2. The van der Waals surface area contributed by atoms with Crippen molar-refractivity contribution in [3.8, 4) is 0 Å². The Labute approximate surface area is 185 Å². The van der Waals surface area contributed by atoms with E-state index in [1.807, 2.05) is 0 Å². The second-order valence-electron chi connectivity index (χ2n) is 8.66. The van der Waals surface area contributed by atoms with Gasteiger partial charge in [0.25, 0.3) is 17.4 Å². The van der Waals surface area contributed by atoms with Gasteiger partial charge in [0.05, 0.1) is 10.9 Å². The molecule has 7 heteroatoms. The molecule has 1 aliphatic carbocycles. The van der Waals surface area contributed by atoms with Gasteiger partial charge in [-0.3, -0.25) is 19.0 Å². The predicted molar refractivity (Wildman–Crippen MR) is 123 cm³/mol. The number of aromatic nitrogens is 2. The highest BCUT2D eigenvalue weighted by Crippen LogP contribution is 2.21. The Hall–Kier alpha value is -3.48. The highest BCUT2D eigenvalue weighted by Gasteiger charge is 2.24. The Balaban J connectivity index is 1.39. The first-order valence-corrected chi connectivity index (χ1v) is 11.3. The molecule has 0 radical (unpaired) electrons. The van der Waals surface area contributed by atoms with Gasteiger partial charge in [0.1, 0.15) is 5.82 Å². The summed E-state index contributed by atoms with van der Waals surface area (Å²) in [5.41, 5.74) is 2.00. The summed E-state index contributed by atoms with van der Waals surface area (Å²) in [7, 11) is 0. The van der Waals surface area contributed by atoms with Crippen LogP contribution < -0.4 is 16.2 Å². The fourth-order valence-electron chi connectivity index (χ4n) is 4.17. The third-order valence-corrected chi connectivity index (χ3v) is 6.12. The van der Waals surface area contributed by atoms with Gasteiger partial charge in [-0.15, -0.1) is 0 Å². The minimum atomic E-state index is -0.305. The van der Waals surface area contributed by atoms with E-state index in [1.165, 1.54) is 0 Å². The van der Waals surface area contributed by atoms with E-state index in [-0.39, 0.29) is 23.4 Å². The Morgan fingerprint density at radius 3 is 2.59 bits per heavy atom. The third kappa shape index (κ3) is 4.28. The van der Waals surface area contributed by atoms with Crippen molar-refractivity contribution in [3.05, 3.63) is 69.8 Å². The minimum absolute atomic E-state index is 0.0340. The van der Waals surface area contributed by atoms with Crippen LogP contribution in [0.4, 0.5) is 5.69 Å². The highest BCUT2D eigenvalue weighted by atomic mass is 16.2. The number of carbonyl (C=O) groups excluding carboxylic acids is 2. The molecular weight excluding hydrogens is 404 g/mol. The van der Waals surface area contributed by atoms with E-state index in [4.69, 9.17) is 4.98 Å². The number of nitrogens with one attached hydrogen (secondary N) is 2. The molecule has 2 N–H and O–H groups in total. The van der Waals surface area contributed by atoms with Crippen molar-refractivity contribution in [2.24, 2.45) is 0 Å². The topological polar surface area (TPSA) is 93.1 Å². The van der Waals surface area contributed by atoms with Crippen LogP contribution in [-0.2, 0) is 13.0 Å². The van der Waals surface area contributed by atoms with Gasteiger partial charge in [-0.05, 0) is 62.1 Å². The zero-order valence-electron chi connectivity index (χ0n) is 17.9. The van der Waals surface area contributed by atoms with Gasteiger partial charge < -0.3 is 10.6 Å². The van der Waals surface area contributed by atoms with Crippen LogP contribution >= 0.6 is 0 Å². The van der Waals surface area contributed by atoms with Crippen molar-refractivity contribution in [3.63, 3.8) is 0 Å². The molecule has 0 bridgehead atoms. The van der Waals surface area contributed by atoms with Crippen LogP contribution in [0.25, 0.3) is 10.9 Å². The van der Waals surface area contributed by atoms with Crippen LogP contribution in [0.1, 0.15) is 65.1 Å². The summed E-state index contributed by atoms with van der Waals surface area (Å²) in [6.07, 6.45) is 7.09. The molecule has 2 aliphatic rings. The van der Waals surface area contributed by atoms with Crippen molar-refractivity contribution in [2.45, 2.75) is 57.5 Å². The van der Waals surface area contributed by atoms with Crippen molar-refractivity contribution in [2.75, 3.05) is 5.32 Å². The number of amides is 2. The number of carbonyl (C=O) groups is 2. The first-order chi connectivity index (χ1) is 15.6. The Morgan fingerprint density at radius 2 is 1.75 bits per heavy atom. The molecule has 0 spiro atoms. The number of fused-ring (bicyclic) bond motifs is 2. The predicted octanol–water partition coefficient (Wildman–Crippen LogP) is 3.66. The van der Waals surface area contributed by atoms with Gasteiger partial charge in [-0.25, -0.2) is 4.98 Å². The maximum atomic E-state index is 13.0. The summed E-state index contributed by atoms with van der Waals surface area (Å²) >= 11 is 0. The number of hydrogen-bond acceptors (Lipinski definition) is 4. The summed E-state index contributed by atoms with van der Waals surface area (Å²) in [6.45, 7) is 0.698. The number of aryl methyl sites for hydroxylation is 1. The summed E-state index contributed by atoms with van der Waals surface area (Å²) in [5, 5.41) is 6.33. The van der Waals surface area contributed by atoms with Gasteiger partial charge in [-0.1, -0.05) is 18.9 Å². The van der Waals surface area contributed by atoms with Gasteiger partial charge >= 0.3 is 0 Å². The molecule has 5 rings (SSSR count). The Bertz CT molecular complexity index is 1260. The SMILES string of the molecule is O=C(Nc1cccc(C(=O)NC2CC2)c1)c1ccc2c(=O)n3c(nc2c1)CCCCCC3. The molecule has 7 nitrogen and oxygen atoms in total. The van der Waals surface area contributed by atoms with Gasteiger partial charge in [0.2, 0.25) is 0 Å². The van der Waals surface area contributed by atoms with Crippen LogP contribution in [0, 0.1) is 0 Å². The van der Waals surface area contributed by atoms with Crippen molar-refractivity contribution in [1.29, 1.82) is 0 Å². The van der Waals surface area contributed by atoms with Crippen molar-refractivity contribution < 1.29 is 9.59 Å². The zero-order valence-corrected chi connectivity index (χ0v) is 17.9. The highest BCUT2D eigenvalue weighted by molar-refractivity contribution is 6.06. The Morgan fingerprint density at radius 1 is 0.938 bits per heavy atom. The average Bonchev–Trinajstić information content (AvgIpc) is 3.59. The lowest BCUT2D eigenvalue weighted by molar-refractivity contribution is 0.0949. The number of benzene rings is 2. The molecule has 2 aromatic carbocycles. The van der Waals surface area contributed by atoms with Crippen LogP contribution in [0.2, 0.25) is 0 Å². The van der Waals surface area contributed by atoms with E-state index in [0.29, 0.717) is 34.3 Å². The summed E-state index contributed by atoms with van der Waals surface area (Å²) in [4.78, 5) is 42.9. The Kier molecular flexibility index (Phi) is 5.47. The first kappa shape index (κ1) is 20.4. The molecule has 2 heterocycles. The van der Waals surface area contributed by atoms with Gasteiger partial charge in [0, 0.05) is 35.8 Å².